The zero-order valence-electron chi connectivity index (χ0n) is 39.7. The van der Waals surface area contributed by atoms with Crippen molar-refractivity contribution in [3.63, 3.8) is 0 Å². The maximum atomic E-state index is 7.33. The number of rotatable bonds is 6. The molecule has 0 fully saturated rings. The molecule has 9 aromatic carbocycles. The summed E-state index contributed by atoms with van der Waals surface area (Å²) in [5.74, 6) is 0. The second-order valence-corrected chi connectivity index (χ2v) is 20.3. The van der Waals surface area contributed by atoms with Crippen molar-refractivity contribution in [2.75, 3.05) is 4.90 Å². The first kappa shape index (κ1) is 40.1. The number of para-hydroxylation sites is 4. The number of furan rings is 4. The minimum atomic E-state index is -0.432. The number of anilines is 2. The van der Waals surface area contributed by atoms with Crippen LogP contribution in [0.25, 0.3) is 116 Å². The molecule has 0 saturated heterocycles. The summed E-state index contributed by atoms with van der Waals surface area (Å²) >= 11 is 0. The van der Waals surface area contributed by atoms with Gasteiger partial charge in [-0.1, -0.05) is 180 Å². The van der Waals surface area contributed by atoms with Crippen molar-refractivity contribution in [3.05, 3.63) is 222 Å². The van der Waals surface area contributed by atoms with Crippen molar-refractivity contribution < 1.29 is 17.7 Å². The molecule has 5 heteroatoms. The summed E-state index contributed by atoms with van der Waals surface area (Å²) in [5.41, 5.74) is 18.9. The Morgan fingerprint density at radius 2 is 0.817 bits per heavy atom. The number of fused-ring (bicyclic) bond motifs is 22. The van der Waals surface area contributed by atoms with E-state index in [-0.39, 0.29) is 0 Å². The Balaban J connectivity index is 1.12. The quantitative estimate of drug-likeness (QED) is 0.156. The van der Waals surface area contributed by atoms with E-state index in [1.54, 1.807) is 0 Å². The van der Waals surface area contributed by atoms with E-state index in [0.717, 1.165) is 133 Å². The van der Waals surface area contributed by atoms with Gasteiger partial charge in [-0.3, -0.25) is 0 Å². The van der Waals surface area contributed by atoms with Crippen molar-refractivity contribution in [2.45, 2.75) is 38.5 Å². The third kappa shape index (κ3) is 5.25. The van der Waals surface area contributed by atoms with Crippen LogP contribution in [0.5, 0.6) is 0 Å². The van der Waals surface area contributed by atoms with Gasteiger partial charge >= 0.3 is 0 Å². The normalized spacial score (nSPS) is 14.8. The lowest BCUT2D eigenvalue weighted by molar-refractivity contribution is 0.650. The van der Waals surface area contributed by atoms with Crippen LogP contribution in [0.15, 0.2) is 212 Å². The summed E-state index contributed by atoms with van der Waals surface area (Å²) in [4.78, 5) is 2.41. The van der Waals surface area contributed by atoms with Crippen LogP contribution in [0.4, 0.5) is 11.4 Å². The van der Waals surface area contributed by atoms with Gasteiger partial charge in [0.1, 0.15) is 33.5 Å². The van der Waals surface area contributed by atoms with E-state index in [4.69, 9.17) is 17.7 Å². The fourth-order valence-corrected chi connectivity index (χ4v) is 12.5. The standard InChI is InChI=1S/C66H45NO4/c1-6-7-9-26-48(37-20-10-8-11-21-37)67(49-35-46-57(55-42-24-14-18-29-53(42)70-63(49)55)59-44(65(46,2)3)33-31-40-38-22-12-16-27-51(38)68-61(40)59)50-36-47-58(56-43-25-15-19-30-54(43)71-64(50)56)60-45(66(47,4)5)34-32-41-39-23-13-17-28-52(39)69-62(41)60/h6-36H,1H2,2-5H3/b9-7-,48-26+. The van der Waals surface area contributed by atoms with E-state index in [1.165, 1.54) is 22.3 Å². The molecule has 0 atom stereocenters. The molecule has 4 heterocycles. The van der Waals surface area contributed by atoms with Gasteiger partial charge in [0.15, 0.2) is 11.2 Å². The van der Waals surface area contributed by atoms with Gasteiger partial charge in [0.25, 0.3) is 0 Å². The molecule has 15 rings (SSSR count). The molecule has 0 unspecified atom stereocenters. The van der Waals surface area contributed by atoms with Gasteiger partial charge in [-0.05, 0) is 70.3 Å². The largest absolute Gasteiger partial charge is 0.455 e. The smallest absolute Gasteiger partial charge is 0.160 e. The van der Waals surface area contributed by atoms with E-state index in [2.05, 4.69) is 203 Å². The topological polar surface area (TPSA) is 55.8 Å². The Hall–Kier alpha value is -8.80. The second-order valence-electron chi connectivity index (χ2n) is 20.3. The van der Waals surface area contributed by atoms with E-state index < -0.39 is 10.8 Å². The lowest BCUT2D eigenvalue weighted by Crippen LogP contribution is -2.20. The first-order valence-corrected chi connectivity index (χ1v) is 24.4. The predicted octanol–water partition coefficient (Wildman–Crippen LogP) is 18.8. The van der Waals surface area contributed by atoms with E-state index >= 15 is 0 Å². The molecule has 0 N–H and O–H groups in total. The highest BCUT2D eigenvalue weighted by molar-refractivity contribution is 6.26. The molecule has 5 nitrogen and oxygen atoms in total. The minimum absolute atomic E-state index is 0.432. The van der Waals surface area contributed by atoms with Crippen LogP contribution in [0.2, 0.25) is 0 Å². The third-order valence-corrected chi connectivity index (χ3v) is 15.8. The Labute approximate surface area is 408 Å². The molecule has 2 aliphatic carbocycles. The third-order valence-electron chi connectivity index (χ3n) is 15.8. The molecule has 0 aliphatic heterocycles. The average Bonchev–Trinajstić information content (AvgIpc) is 4.25. The Bertz CT molecular complexity index is 4290. The molecule has 0 spiro atoms. The lowest BCUT2D eigenvalue weighted by atomic mass is 9.81. The van der Waals surface area contributed by atoms with Gasteiger partial charge in [-0.15, -0.1) is 0 Å². The van der Waals surface area contributed by atoms with Crippen LogP contribution in [0.3, 0.4) is 0 Å². The molecule has 2 aliphatic rings. The monoisotopic (exact) mass is 915 g/mol. The Morgan fingerprint density at radius 3 is 1.28 bits per heavy atom. The van der Waals surface area contributed by atoms with Crippen molar-refractivity contribution in [3.8, 4) is 22.3 Å². The predicted molar refractivity (Wildman–Crippen MR) is 293 cm³/mol. The number of benzene rings is 9. The average molecular weight is 916 g/mol. The first-order chi connectivity index (χ1) is 34.7. The van der Waals surface area contributed by atoms with Crippen molar-refractivity contribution in [1.29, 1.82) is 0 Å². The maximum absolute atomic E-state index is 7.33. The second kappa shape index (κ2) is 14.1. The molecule has 338 valence electrons. The SMILES string of the molecule is C=C/C=C\C=C(/c1ccccc1)N(c1cc2c(c3c1oc1ccccc13)-c1c(ccc3c1oc1ccccc13)C2(C)C)c1cc2c(c3c1oc1ccccc13)-c1c(ccc3c1oc1ccccc13)C2(C)C. The first-order valence-electron chi connectivity index (χ1n) is 24.4. The highest BCUT2D eigenvalue weighted by Gasteiger charge is 2.44. The summed E-state index contributed by atoms with van der Waals surface area (Å²) in [5, 5.41) is 8.61. The highest BCUT2D eigenvalue weighted by atomic mass is 16.3. The van der Waals surface area contributed by atoms with Gasteiger partial charge in [0.05, 0.1) is 17.1 Å². The molecule has 0 saturated carbocycles. The summed E-state index contributed by atoms with van der Waals surface area (Å²) in [6, 6.07) is 58.2. The van der Waals surface area contributed by atoms with Crippen LogP contribution in [0.1, 0.15) is 55.5 Å². The Morgan fingerprint density at radius 1 is 0.408 bits per heavy atom. The van der Waals surface area contributed by atoms with Gasteiger partial charge in [-0.2, -0.15) is 0 Å². The Kier molecular flexibility index (Phi) is 8.00. The van der Waals surface area contributed by atoms with E-state index in [9.17, 15) is 0 Å². The van der Waals surface area contributed by atoms with Crippen LogP contribution in [0, 0.1) is 0 Å². The summed E-state index contributed by atoms with van der Waals surface area (Å²) in [7, 11) is 0. The summed E-state index contributed by atoms with van der Waals surface area (Å²) in [6.45, 7) is 13.5. The molecule has 13 aromatic rings. The number of hydrogen-bond donors (Lipinski definition) is 0. The van der Waals surface area contributed by atoms with Crippen LogP contribution < -0.4 is 4.90 Å². The van der Waals surface area contributed by atoms with Gasteiger partial charge in [-0.25, -0.2) is 0 Å². The van der Waals surface area contributed by atoms with Crippen molar-refractivity contribution in [2.24, 2.45) is 0 Å². The molecule has 0 amide bonds. The van der Waals surface area contributed by atoms with Gasteiger partial charge in [0.2, 0.25) is 0 Å². The number of hydrogen-bond acceptors (Lipinski definition) is 5. The fraction of sp³-hybridized carbons (Fsp3) is 0.0909. The molecular weight excluding hydrogens is 871 g/mol. The fourth-order valence-electron chi connectivity index (χ4n) is 12.5. The molecule has 0 radical (unpaired) electrons. The maximum Gasteiger partial charge on any atom is 0.160 e. The number of allylic oxidation sites excluding steroid dienone is 4. The zero-order chi connectivity index (χ0) is 47.5. The van der Waals surface area contributed by atoms with Gasteiger partial charge < -0.3 is 22.6 Å². The molecular formula is C66H45NO4. The lowest BCUT2D eigenvalue weighted by Gasteiger charge is -2.31. The van der Waals surface area contributed by atoms with Crippen LogP contribution in [-0.2, 0) is 10.8 Å². The summed E-state index contributed by atoms with van der Waals surface area (Å²) < 4.78 is 28.5. The van der Waals surface area contributed by atoms with Crippen molar-refractivity contribution >= 4 is 105 Å². The molecule has 4 aromatic heterocycles. The molecule has 71 heavy (non-hydrogen) atoms. The highest BCUT2D eigenvalue weighted by Crippen LogP contribution is 2.62. The molecule has 0 bridgehead atoms. The van der Waals surface area contributed by atoms with Crippen LogP contribution in [-0.4, -0.2) is 0 Å². The minimum Gasteiger partial charge on any atom is -0.455 e. The summed E-state index contributed by atoms with van der Waals surface area (Å²) in [6.07, 6.45) is 8.07. The van der Waals surface area contributed by atoms with Crippen molar-refractivity contribution in [1.82, 2.24) is 0 Å². The van der Waals surface area contributed by atoms with E-state index in [1.807, 2.05) is 24.3 Å². The van der Waals surface area contributed by atoms with Gasteiger partial charge in [0, 0.05) is 76.2 Å². The zero-order valence-corrected chi connectivity index (χ0v) is 39.7. The van der Waals surface area contributed by atoms with Crippen LogP contribution >= 0.6 is 0 Å². The van der Waals surface area contributed by atoms with E-state index in [0.29, 0.717) is 0 Å². The number of nitrogens with zero attached hydrogens (tertiary/aromatic N) is 1.